The molecule has 9 heteroatoms. The maximum absolute atomic E-state index is 12.8. The Balaban J connectivity index is 1.48. The predicted molar refractivity (Wildman–Crippen MR) is 125 cm³/mol. The summed E-state index contributed by atoms with van der Waals surface area (Å²) in [4.78, 5) is 37.8. The first-order valence-electron chi connectivity index (χ1n) is 10.9. The van der Waals surface area contributed by atoms with Crippen LogP contribution in [0.2, 0.25) is 0 Å². The number of esters is 1. The molecule has 1 fully saturated rings. The Hall–Kier alpha value is -4.53. The van der Waals surface area contributed by atoms with E-state index >= 15 is 0 Å². The van der Waals surface area contributed by atoms with Crippen LogP contribution in [0.3, 0.4) is 0 Å². The topological polar surface area (TPSA) is 107 Å². The molecular formula is C26H24N2O7. The van der Waals surface area contributed by atoms with E-state index in [9.17, 15) is 14.4 Å². The van der Waals surface area contributed by atoms with Gasteiger partial charge < -0.3 is 23.9 Å². The summed E-state index contributed by atoms with van der Waals surface area (Å²) in [5.41, 5.74) is 1.78. The number of methoxy groups -OCH3 is 1. The molecule has 0 spiro atoms. The van der Waals surface area contributed by atoms with Crippen molar-refractivity contribution in [3.63, 3.8) is 0 Å². The monoisotopic (exact) mass is 476 g/mol. The minimum atomic E-state index is -0.643. The van der Waals surface area contributed by atoms with Crippen LogP contribution in [0, 0.1) is 0 Å². The average molecular weight is 476 g/mol. The third-order valence-corrected chi connectivity index (χ3v) is 5.14. The largest absolute Gasteiger partial charge is 0.490 e. The number of urea groups is 1. The van der Waals surface area contributed by atoms with Gasteiger partial charge in [0, 0.05) is 0 Å². The molecule has 1 aromatic heterocycles. The number of ether oxygens (including phenoxy) is 3. The zero-order chi connectivity index (χ0) is 24.8. The van der Waals surface area contributed by atoms with E-state index in [1.807, 2.05) is 37.3 Å². The van der Waals surface area contributed by atoms with Crippen LogP contribution in [0.5, 0.6) is 11.5 Å². The van der Waals surface area contributed by atoms with Crippen molar-refractivity contribution in [1.82, 2.24) is 10.2 Å². The standard InChI is InChI=1S/C26H24N2O7/c1-3-33-23-14-18(9-11-21(23)34-16-17-7-5-4-6-8-17)13-20-24(29)28(26(31)27-20)15-19-10-12-22(35-19)25(30)32-2/h4-14H,3,15-16H2,1-2H3,(H,27,31)/b20-13-. The Morgan fingerprint density at radius 1 is 1.03 bits per heavy atom. The van der Waals surface area contributed by atoms with Gasteiger partial charge in [0.25, 0.3) is 5.91 Å². The Morgan fingerprint density at radius 2 is 1.83 bits per heavy atom. The second-order valence-electron chi connectivity index (χ2n) is 7.55. The van der Waals surface area contributed by atoms with Crippen LogP contribution in [0.15, 0.2) is 70.8 Å². The van der Waals surface area contributed by atoms with E-state index in [0.717, 1.165) is 10.5 Å². The number of nitrogens with zero attached hydrogens (tertiary/aromatic N) is 1. The van der Waals surface area contributed by atoms with Crippen LogP contribution in [0.4, 0.5) is 4.79 Å². The third-order valence-electron chi connectivity index (χ3n) is 5.14. The highest BCUT2D eigenvalue weighted by molar-refractivity contribution is 6.13. The van der Waals surface area contributed by atoms with E-state index in [1.165, 1.54) is 19.2 Å². The maximum Gasteiger partial charge on any atom is 0.373 e. The summed E-state index contributed by atoms with van der Waals surface area (Å²) in [5, 5.41) is 2.57. The molecule has 0 saturated carbocycles. The predicted octanol–water partition coefficient (Wildman–Crippen LogP) is 4.14. The zero-order valence-corrected chi connectivity index (χ0v) is 19.3. The first-order valence-corrected chi connectivity index (χ1v) is 10.9. The fourth-order valence-electron chi connectivity index (χ4n) is 3.45. The molecule has 4 rings (SSSR count). The molecule has 1 aliphatic rings. The quantitative estimate of drug-likeness (QED) is 0.281. The highest BCUT2D eigenvalue weighted by Crippen LogP contribution is 2.30. The number of hydrogen-bond acceptors (Lipinski definition) is 7. The van der Waals surface area contributed by atoms with Crippen molar-refractivity contribution in [3.8, 4) is 11.5 Å². The van der Waals surface area contributed by atoms with Gasteiger partial charge in [0.1, 0.15) is 18.1 Å². The molecule has 3 amide bonds. The number of imide groups is 1. The van der Waals surface area contributed by atoms with Crippen molar-refractivity contribution in [2.45, 2.75) is 20.1 Å². The summed E-state index contributed by atoms with van der Waals surface area (Å²) in [6, 6.07) is 17.4. The summed E-state index contributed by atoms with van der Waals surface area (Å²) in [5.74, 6) is 0.193. The number of hydrogen-bond donors (Lipinski definition) is 1. The minimum absolute atomic E-state index is 0.0108. The van der Waals surface area contributed by atoms with Crippen LogP contribution in [-0.4, -0.2) is 36.5 Å². The number of furan rings is 1. The van der Waals surface area contributed by atoms with E-state index in [-0.39, 0.29) is 23.8 Å². The molecule has 0 bridgehead atoms. The fourth-order valence-corrected chi connectivity index (χ4v) is 3.45. The number of benzene rings is 2. The first kappa shape index (κ1) is 23.6. The van der Waals surface area contributed by atoms with Gasteiger partial charge in [-0.2, -0.15) is 0 Å². The van der Waals surface area contributed by atoms with Crippen LogP contribution in [0.1, 0.15) is 34.4 Å². The van der Waals surface area contributed by atoms with Crippen molar-refractivity contribution >= 4 is 24.0 Å². The molecule has 0 aliphatic carbocycles. The molecule has 9 nitrogen and oxygen atoms in total. The number of rotatable bonds is 9. The van der Waals surface area contributed by atoms with Gasteiger partial charge in [-0.05, 0) is 48.4 Å². The van der Waals surface area contributed by atoms with Crippen molar-refractivity contribution in [2.24, 2.45) is 0 Å². The van der Waals surface area contributed by atoms with E-state index in [2.05, 4.69) is 10.1 Å². The molecule has 35 heavy (non-hydrogen) atoms. The summed E-state index contributed by atoms with van der Waals surface area (Å²) in [6.07, 6.45) is 1.56. The van der Waals surface area contributed by atoms with E-state index in [0.29, 0.717) is 30.3 Å². The summed E-state index contributed by atoms with van der Waals surface area (Å²) in [7, 11) is 1.23. The summed E-state index contributed by atoms with van der Waals surface area (Å²) in [6.45, 7) is 2.55. The smallest absolute Gasteiger partial charge is 0.373 e. The lowest BCUT2D eigenvalue weighted by Gasteiger charge is -2.13. The highest BCUT2D eigenvalue weighted by Gasteiger charge is 2.34. The Morgan fingerprint density at radius 3 is 2.57 bits per heavy atom. The first-order chi connectivity index (χ1) is 17.0. The van der Waals surface area contributed by atoms with Gasteiger partial charge in [0.15, 0.2) is 11.5 Å². The van der Waals surface area contributed by atoms with Crippen molar-refractivity contribution in [3.05, 3.63) is 89.0 Å². The Kier molecular flexibility index (Phi) is 7.15. The Labute approximate surface area is 201 Å². The SMILES string of the molecule is CCOc1cc(/C=C2\NC(=O)N(Cc3ccc(C(=O)OC)o3)C2=O)ccc1OCc1ccccc1. The lowest BCUT2D eigenvalue weighted by molar-refractivity contribution is -0.123. The minimum Gasteiger partial charge on any atom is -0.490 e. The molecule has 1 aliphatic heterocycles. The average Bonchev–Trinajstić information content (AvgIpc) is 3.44. The maximum atomic E-state index is 12.8. The Bertz CT molecular complexity index is 1260. The van der Waals surface area contributed by atoms with Crippen LogP contribution >= 0.6 is 0 Å². The lowest BCUT2D eigenvalue weighted by atomic mass is 10.1. The van der Waals surface area contributed by atoms with Crippen molar-refractivity contribution in [2.75, 3.05) is 13.7 Å². The lowest BCUT2D eigenvalue weighted by Crippen LogP contribution is -2.30. The number of carbonyl (C=O) groups is 3. The molecule has 0 radical (unpaired) electrons. The van der Waals surface area contributed by atoms with Gasteiger partial charge >= 0.3 is 12.0 Å². The molecule has 1 N–H and O–H groups in total. The van der Waals surface area contributed by atoms with Gasteiger partial charge in [-0.1, -0.05) is 36.4 Å². The van der Waals surface area contributed by atoms with Crippen molar-refractivity contribution < 1.29 is 33.0 Å². The van der Waals surface area contributed by atoms with E-state index in [1.54, 1.807) is 24.3 Å². The normalized spacial score (nSPS) is 14.2. The van der Waals surface area contributed by atoms with Crippen LogP contribution in [0.25, 0.3) is 6.08 Å². The molecule has 3 aromatic rings. The molecule has 180 valence electrons. The molecule has 0 atom stereocenters. The van der Waals surface area contributed by atoms with Gasteiger partial charge in [-0.15, -0.1) is 0 Å². The molecule has 2 heterocycles. The molecule has 1 saturated heterocycles. The van der Waals surface area contributed by atoms with Crippen molar-refractivity contribution in [1.29, 1.82) is 0 Å². The number of amides is 3. The molecule has 0 unspecified atom stereocenters. The number of nitrogens with one attached hydrogen (secondary N) is 1. The van der Waals surface area contributed by atoms with E-state index in [4.69, 9.17) is 13.9 Å². The summed E-state index contributed by atoms with van der Waals surface area (Å²) >= 11 is 0. The van der Waals surface area contributed by atoms with Gasteiger partial charge in [-0.25, -0.2) is 9.59 Å². The van der Waals surface area contributed by atoms with Gasteiger partial charge in [-0.3, -0.25) is 9.69 Å². The van der Waals surface area contributed by atoms with Crippen LogP contribution in [-0.2, 0) is 22.7 Å². The fraction of sp³-hybridized carbons (Fsp3) is 0.192. The third kappa shape index (κ3) is 5.52. The zero-order valence-electron chi connectivity index (χ0n) is 19.3. The van der Waals surface area contributed by atoms with E-state index < -0.39 is 17.9 Å². The molecular weight excluding hydrogens is 452 g/mol. The second kappa shape index (κ2) is 10.6. The van der Waals surface area contributed by atoms with Crippen LogP contribution < -0.4 is 14.8 Å². The van der Waals surface area contributed by atoms with Gasteiger partial charge in [0.05, 0.1) is 20.3 Å². The summed E-state index contributed by atoms with van der Waals surface area (Å²) < 4.78 is 21.6. The number of carbonyl (C=O) groups excluding carboxylic acids is 3. The second-order valence-corrected chi connectivity index (χ2v) is 7.55. The van der Waals surface area contributed by atoms with Gasteiger partial charge in [0.2, 0.25) is 5.76 Å². The highest BCUT2D eigenvalue weighted by atomic mass is 16.5. The molecule has 2 aromatic carbocycles.